The highest BCUT2D eigenvalue weighted by atomic mass is 32.2. The van der Waals surface area contributed by atoms with Gasteiger partial charge in [-0.05, 0) is 6.42 Å². The summed E-state index contributed by atoms with van der Waals surface area (Å²) in [6, 6.07) is -0.578. The first-order chi connectivity index (χ1) is 8.44. The number of ether oxygens (including phenoxy) is 2. The van der Waals surface area contributed by atoms with Crippen molar-refractivity contribution >= 4 is 16.0 Å². The Morgan fingerprint density at radius 3 is 2.94 bits per heavy atom. The molecule has 1 aliphatic carbocycles. The third kappa shape index (κ3) is 2.66. The van der Waals surface area contributed by atoms with Crippen LogP contribution in [0.25, 0.3) is 0 Å². The molecule has 7 nitrogen and oxygen atoms in total. The van der Waals surface area contributed by atoms with Gasteiger partial charge in [0.15, 0.2) is 0 Å². The van der Waals surface area contributed by atoms with Crippen LogP contribution in [0.1, 0.15) is 12.8 Å². The highest BCUT2D eigenvalue weighted by molar-refractivity contribution is 7.89. The lowest BCUT2D eigenvalue weighted by Gasteiger charge is -2.45. The Kier molecular flexibility index (Phi) is 3.90. The van der Waals surface area contributed by atoms with Gasteiger partial charge < -0.3 is 15.2 Å². The van der Waals surface area contributed by atoms with Gasteiger partial charge in [0.2, 0.25) is 10.0 Å². The van der Waals surface area contributed by atoms with Crippen molar-refractivity contribution in [2.24, 2.45) is 11.7 Å². The van der Waals surface area contributed by atoms with Gasteiger partial charge in [0.05, 0.1) is 31.4 Å². The Hall–Kier alpha value is -0.700. The summed E-state index contributed by atoms with van der Waals surface area (Å²) in [4.78, 5) is 10.9. The van der Waals surface area contributed by atoms with Crippen molar-refractivity contribution in [3.05, 3.63) is 0 Å². The normalized spacial score (nSPS) is 34.8. The molecule has 0 aromatic heterocycles. The van der Waals surface area contributed by atoms with E-state index in [0.717, 1.165) is 6.42 Å². The van der Waals surface area contributed by atoms with E-state index >= 15 is 0 Å². The topological polar surface area (TPSA) is 108 Å². The number of carbonyl (C=O) groups excluding carboxylic acids is 1. The van der Waals surface area contributed by atoms with Gasteiger partial charge in [0, 0.05) is 18.6 Å². The minimum atomic E-state index is -3.53. The second-order valence-electron chi connectivity index (χ2n) is 4.65. The number of hydrogen-bond acceptors (Lipinski definition) is 6. The molecule has 2 rings (SSSR count). The predicted octanol–water partition coefficient (Wildman–Crippen LogP) is -1.42. The van der Waals surface area contributed by atoms with Gasteiger partial charge >= 0.3 is 5.97 Å². The Morgan fingerprint density at radius 1 is 1.56 bits per heavy atom. The number of nitrogens with two attached hydrogens (primary N) is 1. The Morgan fingerprint density at radius 2 is 2.28 bits per heavy atom. The molecule has 8 heteroatoms. The maximum atomic E-state index is 11.8. The van der Waals surface area contributed by atoms with E-state index in [-0.39, 0.29) is 36.3 Å². The van der Waals surface area contributed by atoms with E-state index in [2.05, 4.69) is 9.46 Å². The maximum absolute atomic E-state index is 11.8. The summed E-state index contributed by atoms with van der Waals surface area (Å²) in [7, 11) is -2.31. The number of methoxy groups -OCH3 is 1. The molecule has 1 saturated heterocycles. The minimum Gasteiger partial charge on any atom is -0.469 e. The van der Waals surface area contributed by atoms with E-state index in [1.807, 2.05) is 0 Å². The SMILES string of the molecule is COC(=O)CCS(=O)(=O)NC1C(N)C2CCOC21. The lowest BCUT2D eigenvalue weighted by atomic mass is 9.73. The van der Waals surface area contributed by atoms with Gasteiger partial charge in [-0.1, -0.05) is 0 Å². The Bertz CT molecular complexity index is 424. The lowest BCUT2D eigenvalue weighted by Crippen LogP contribution is -2.69. The molecular weight excluding hydrogens is 260 g/mol. The zero-order valence-corrected chi connectivity index (χ0v) is 11.0. The average molecular weight is 278 g/mol. The standard InChI is InChI=1S/C10H18N2O5S/c1-16-7(13)3-5-18(14,15)12-9-8(11)6-2-4-17-10(6)9/h6,8-10,12H,2-5,11H2,1H3. The van der Waals surface area contributed by atoms with Gasteiger partial charge in [-0.3, -0.25) is 4.79 Å². The molecule has 4 atom stereocenters. The van der Waals surface area contributed by atoms with E-state index in [1.165, 1.54) is 7.11 Å². The molecule has 1 heterocycles. The molecule has 0 aromatic carbocycles. The zero-order chi connectivity index (χ0) is 13.3. The summed E-state index contributed by atoms with van der Waals surface area (Å²) < 4.78 is 35.9. The van der Waals surface area contributed by atoms with Crippen LogP contribution in [-0.4, -0.2) is 52.0 Å². The number of rotatable bonds is 5. The second-order valence-corrected chi connectivity index (χ2v) is 6.53. The Labute approximate surface area is 106 Å². The summed E-state index contributed by atoms with van der Waals surface area (Å²) in [6.45, 7) is 0.628. The van der Waals surface area contributed by atoms with E-state index in [9.17, 15) is 13.2 Å². The minimum absolute atomic E-state index is 0.118. The monoisotopic (exact) mass is 278 g/mol. The second kappa shape index (κ2) is 5.12. The van der Waals surface area contributed by atoms with Gasteiger partial charge in [0.1, 0.15) is 0 Å². The van der Waals surface area contributed by atoms with Crippen molar-refractivity contribution in [1.29, 1.82) is 0 Å². The molecule has 0 radical (unpaired) electrons. The number of carbonyl (C=O) groups is 1. The van der Waals surface area contributed by atoms with E-state index in [0.29, 0.717) is 6.61 Å². The summed E-state index contributed by atoms with van der Waals surface area (Å²) >= 11 is 0. The molecule has 0 bridgehead atoms. The van der Waals surface area contributed by atoms with Crippen molar-refractivity contribution in [3.63, 3.8) is 0 Å². The van der Waals surface area contributed by atoms with Crippen molar-refractivity contribution in [2.75, 3.05) is 19.5 Å². The van der Waals surface area contributed by atoms with Gasteiger partial charge in [-0.25, -0.2) is 13.1 Å². The maximum Gasteiger partial charge on any atom is 0.306 e. The summed E-state index contributed by atoms with van der Waals surface area (Å²) in [5.74, 6) is -0.591. The number of esters is 1. The molecule has 3 N–H and O–H groups in total. The predicted molar refractivity (Wildman–Crippen MR) is 63.2 cm³/mol. The van der Waals surface area contributed by atoms with E-state index in [1.54, 1.807) is 0 Å². The fourth-order valence-electron chi connectivity index (χ4n) is 2.48. The molecule has 18 heavy (non-hydrogen) atoms. The summed E-state index contributed by atoms with van der Waals surface area (Å²) in [5.41, 5.74) is 5.90. The largest absolute Gasteiger partial charge is 0.469 e. The molecule has 1 saturated carbocycles. The lowest BCUT2D eigenvalue weighted by molar-refractivity contribution is -0.140. The molecule has 0 amide bonds. The summed E-state index contributed by atoms with van der Waals surface area (Å²) in [6.07, 6.45) is 0.600. The third-order valence-corrected chi connectivity index (χ3v) is 4.94. The van der Waals surface area contributed by atoms with Gasteiger partial charge in [-0.2, -0.15) is 0 Å². The third-order valence-electron chi connectivity index (χ3n) is 3.56. The number of sulfonamides is 1. The van der Waals surface area contributed by atoms with Crippen LogP contribution in [0.5, 0.6) is 0 Å². The highest BCUT2D eigenvalue weighted by Gasteiger charge is 2.53. The number of fused-ring (bicyclic) bond motifs is 1. The van der Waals surface area contributed by atoms with Crippen LogP contribution in [0.4, 0.5) is 0 Å². The first-order valence-corrected chi connectivity index (χ1v) is 7.54. The quantitative estimate of drug-likeness (QED) is 0.598. The fraction of sp³-hybridized carbons (Fsp3) is 0.900. The Balaban J connectivity index is 1.87. The molecular formula is C10H18N2O5S. The molecule has 2 fully saturated rings. The van der Waals surface area contributed by atoms with Gasteiger partial charge in [-0.15, -0.1) is 0 Å². The molecule has 0 aromatic rings. The van der Waals surface area contributed by atoms with Crippen LogP contribution >= 0.6 is 0 Å². The number of hydrogen-bond donors (Lipinski definition) is 2. The molecule has 104 valence electrons. The fourth-order valence-corrected chi connectivity index (χ4v) is 3.74. The first kappa shape index (κ1) is 13.7. The average Bonchev–Trinajstić information content (AvgIpc) is 2.78. The molecule has 0 spiro atoms. The molecule has 4 unspecified atom stereocenters. The van der Waals surface area contributed by atoms with Crippen LogP contribution in [0, 0.1) is 5.92 Å². The van der Waals surface area contributed by atoms with E-state index < -0.39 is 16.0 Å². The molecule has 2 aliphatic rings. The van der Waals surface area contributed by atoms with Crippen LogP contribution < -0.4 is 10.5 Å². The van der Waals surface area contributed by atoms with Crippen LogP contribution in [-0.2, 0) is 24.3 Å². The van der Waals surface area contributed by atoms with E-state index in [4.69, 9.17) is 10.5 Å². The van der Waals surface area contributed by atoms with Crippen molar-refractivity contribution in [2.45, 2.75) is 31.0 Å². The van der Waals surface area contributed by atoms with Crippen molar-refractivity contribution < 1.29 is 22.7 Å². The number of nitrogens with one attached hydrogen (secondary N) is 1. The molecule has 1 aliphatic heterocycles. The smallest absolute Gasteiger partial charge is 0.306 e. The first-order valence-electron chi connectivity index (χ1n) is 5.88. The van der Waals surface area contributed by atoms with Crippen molar-refractivity contribution in [3.8, 4) is 0 Å². The summed E-state index contributed by atoms with van der Waals surface area (Å²) in [5, 5.41) is 0. The zero-order valence-electron chi connectivity index (χ0n) is 10.2. The van der Waals surface area contributed by atoms with Crippen LogP contribution in [0.3, 0.4) is 0 Å². The van der Waals surface area contributed by atoms with Crippen LogP contribution in [0.2, 0.25) is 0 Å². The van der Waals surface area contributed by atoms with Gasteiger partial charge in [0.25, 0.3) is 0 Å². The van der Waals surface area contributed by atoms with Crippen LogP contribution in [0.15, 0.2) is 0 Å². The van der Waals surface area contributed by atoms with Crippen molar-refractivity contribution in [1.82, 2.24) is 4.72 Å². The highest BCUT2D eigenvalue weighted by Crippen LogP contribution is 2.37.